The van der Waals surface area contributed by atoms with Crippen molar-refractivity contribution in [3.05, 3.63) is 29.8 Å². The predicted octanol–water partition coefficient (Wildman–Crippen LogP) is 2.32. The van der Waals surface area contributed by atoms with Gasteiger partial charge in [0.15, 0.2) is 0 Å². The molecule has 114 valence electrons. The monoisotopic (exact) mass is 292 g/mol. The van der Waals surface area contributed by atoms with Gasteiger partial charge in [-0.05, 0) is 37.8 Å². The van der Waals surface area contributed by atoms with Crippen LogP contribution in [0.4, 0.5) is 10.5 Å². The molecule has 1 fully saturated rings. The molecular weight excluding hydrogens is 272 g/mol. The first kappa shape index (κ1) is 15.3. The number of carbonyl (C=O) groups is 2. The molecule has 0 bridgehead atoms. The minimum absolute atomic E-state index is 0.0193. The summed E-state index contributed by atoms with van der Waals surface area (Å²) in [6, 6.07) is 5.97. The second-order valence-corrected chi connectivity index (χ2v) is 5.19. The molecule has 0 aliphatic carbocycles. The Morgan fingerprint density at radius 1 is 1.29 bits per heavy atom. The highest BCUT2D eigenvalue weighted by Crippen LogP contribution is 2.19. The van der Waals surface area contributed by atoms with E-state index in [1.165, 1.54) is 6.07 Å². The molecule has 0 saturated carbocycles. The van der Waals surface area contributed by atoms with Crippen LogP contribution in [-0.4, -0.2) is 36.4 Å². The van der Waals surface area contributed by atoms with Crippen LogP contribution in [0.2, 0.25) is 0 Å². The number of amides is 2. The number of hydrogen-bond acceptors (Lipinski definition) is 3. The minimum Gasteiger partial charge on any atom is -0.478 e. The number of para-hydroxylation sites is 1. The minimum atomic E-state index is -1.07. The van der Waals surface area contributed by atoms with Crippen LogP contribution in [0, 0.1) is 5.92 Å². The summed E-state index contributed by atoms with van der Waals surface area (Å²) in [5.74, 6) is -0.678. The fourth-order valence-electron chi connectivity index (χ4n) is 2.48. The van der Waals surface area contributed by atoms with Crippen molar-refractivity contribution in [1.29, 1.82) is 0 Å². The van der Waals surface area contributed by atoms with Crippen molar-refractivity contribution in [1.82, 2.24) is 5.32 Å². The SMILES string of the molecule is CC(NC(=O)Nc1ccccc1C(=O)O)C1CCOCC1. The van der Waals surface area contributed by atoms with E-state index in [0.717, 1.165) is 26.1 Å². The van der Waals surface area contributed by atoms with Crippen molar-refractivity contribution >= 4 is 17.7 Å². The fraction of sp³-hybridized carbons (Fsp3) is 0.467. The zero-order valence-electron chi connectivity index (χ0n) is 12.0. The molecule has 6 heteroatoms. The molecule has 1 aromatic rings. The van der Waals surface area contributed by atoms with Crippen LogP contribution in [0.15, 0.2) is 24.3 Å². The lowest BCUT2D eigenvalue weighted by molar-refractivity contribution is 0.0573. The maximum Gasteiger partial charge on any atom is 0.337 e. The maximum atomic E-state index is 12.0. The standard InChI is InChI=1S/C15H20N2O4/c1-10(11-6-8-21-9-7-11)16-15(20)17-13-5-3-2-4-12(13)14(18)19/h2-5,10-11H,6-9H2,1H3,(H,18,19)(H2,16,17,20). The van der Waals surface area contributed by atoms with Crippen LogP contribution >= 0.6 is 0 Å². The average Bonchev–Trinajstić information content (AvgIpc) is 2.48. The zero-order valence-corrected chi connectivity index (χ0v) is 12.0. The Morgan fingerprint density at radius 2 is 1.95 bits per heavy atom. The van der Waals surface area contributed by atoms with E-state index in [1.54, 1.807) is 18.2 Å². The van der Waals surface area contributed by atoms with Crippen molar-refractivity contribution in [2.75, 3.05) is 18.5 Å². The first-order chi connectivity index (χ1) is 10.1. The number of carboxylic acids is 1. The van der Waals surface area contributed by atoms with Gasteiger partial charge in [-0.15, -0.1) is 0 Å². The van der Waals surface area contributed by atoms with Gasteiger partial charge in [0, 0.05) is 19.3 Å². The van der Waals surface area contributed by atoms with Crippen LogP contribution in [0.5, 0.6) is 0 Å². The van der Waals surface area contributed by atoms with Crippen molar-refractivity contribution < 1.29 is 19.4 Å². The number of aromatic carboxylic acids is 1. The molecule has 3 N–H and O–H groups in total. The lowest BCUT2D eigenvalue weighted by Gasteiger charge is -2.28. The third-order valence-electron chi connectivity index (χ3n) is 3.74. The number of anilines is 1. The number of carbonyl (C=O) groups excluding carboxylic acids is 1. The molecule has 1 aliphatic rings. The number of ether oxygens (including phenoxy) is 1. The molecule has 1 saturated heterocycles. The zero-order chi connectivity index (χ0) is 15.2. The highest BCUT2D eigenvalue weighted by molar-refractivity contribution is 5.99. The highest BCUT2D eigenvalue weighted by Gasteiger charge is 2.22. The van der Waals surface area contributed by atoms with E-state index in [0.29, 0.717) is 11.6 Å². The Kier molecular flexibility index (Phi) is 5.16. The Bertz CT molecular complexity index is 512. The maximum absolute atomic E-state index is 12.0. The van der Waals surface area contributed by atoms with E-state index < -0.39 is 5.97 Å². The molecule has 2 rings (SSSR count). The lowest BCUT2D eigenvalue weighted by Crippen LogP contribution is -2.42. The molecular formula is C15H20N2O4. The third-order valence-corrected chi connectivity index (χ3v) is 3.74. The van der Waals surface area contributed by atoms with Gasteiger partial charge in [-0.3, -0.25) is 0 Å². The van der Waals surface area contributed by atoms with E-state index in [2.05, 4.69) is 10.6 Å². The predicted molar refractivity (Wildman–Crippen MR) is 78.6 cm³/mol. The van der Waals surface area contributed by atoms with Gasteiger partial charge in [0.05, 0.1) is 11.3 Å². The summed E-state index contributed by atoms with van der Waals surface area (Å²) >= 11 is 0. The summed E-state index contributed by atoms with van der Waals surface area (Å²) in [6.45, 7) is 3.40. The summed E-state index contributed by atoms with van der Waals surface area (Å²) in [7, 11) is 0. The van der Waals surface area contributed by atoms with Crippen LogP contribution < -0.4 is 10.6 Å². The topological polar surface area (TPSA) is 87.7 Å². The quantitative estimate of drug-likeness (QED) is 0.794. The van der Waals surface area contributed by atoms with Crippen LogP contribution in [0.25, 0.3) is 0 Å². The average molecular weight is 292 g/mol. The van der Waals surface area contributed by atoms with Crippen molar-refractivity contribution in [2.24, 2.45) is 5.92 Å². The largest absolute Gasteiger partial charge is 0.478 e. The summed E-state index contributed by atoms with van der Waals surface area (Å²) < 4.78 is 5.30. The normalized spacial score (nSPS) is 17.0. The first-order valence-corrected chi connectivity index (χ1v) is 7.05. The van der Waals surface area contributed by atoms with Gasteiger partial charge >= 0.3 is 12.0 Å². The first-order valence-electron chi connectivity index (χ1n) is 7.05. The van der Waals surface area contributed by atoms with E-state index in [-0.39, 0.29) is 17.6 Å². The van der Waals surface area contributed by atoms with Crippen molar-refractivity contribution in [2.45, 2.75) is 25.8 Å². The number of rotatable bonds is 4. The van der Waals surface area contributed by atoms with Crippen LogP contribution in [0.1, 0.15) is 30.1 Å². The smallest absolute Gasteiger partial charge is 0.337 e. The molecule has 0 radical (unpaired) electrons. The molecule has 1 atom stereocenters. The van der Waals surface area contributed by atoms with Gasteiger partial charge in [-0.2, -0.15) is 0 Å². The summed E-state index contributed by atoms with van der Waals surface area (Å²) in [6.07, 6.45) is 1.85. The van der Waals surface area contributed by atoms with E-state index in [4.69, 9.17) is 9.84 Å². The Morgan fingerprint density at radius 3 is 2.62 bits per heavy atom. The summed E-state index contributed by atoms with van der Waals surface area (Å²) in [5, 5.41) is 14.5. The molecule has 1 aliphatic heterocycles. The van der Waals surface area contributed by atoms with Crippen LogP contribution in [0.3, 0.4) is 0 Å². The van der Waals surface area contributed by atoms with Gasteiger partial charge < -0.3 is 20.5 Å². The fourth-order valence-corrected chi connectivity index (χ4v) is 2.48. The van der Waals surface area contributed by atoms with E-state index >= 15 is 0 Å². The molecule has 21 heavy (non-hydrogen) atoms. The second kappa shape index (κ2) is 7.08. The second-order valence-electron chi connectivity index (χ2n) is 5.19. The van der Waals surface area contributed by atoms with Crippen LogP contribution in [-0.2, 0) is 4.74 Å². The molecule has 1 unspecified atom stereocenters. The molecule has 6 nitrogen and oxygen atoms in total. The van der Waals surface area contributed by atoms with Gasteiger partial charge in [0.2, 0.25) is 0 Å². The highest BCUT2D eigenvalue weighted by atomic mass is 16.5. The molecule has 2 amide bonds. The van der Waals surface area contributed by atoms with E-state index in [1.807, 2.05) is 6.92 Å². The molecule has 1 heterocycles. The third kappa shape index (κ3) is 4.19. The number of benzene rings is 1. The lowest BCUT2D eigenvalue weighted by atomic mass is 9.93. The Balaban J connectivity index is 1.94. The van der Waals surface area contributed by atoms with Gasteiger partial charge in [0.1, 0.15) is 0 Å². The summed E-state index contributed by atoms with van der Waals surface area (Å²) in [5.41, 5.74) is 0.369. The molecule has 0 aromatic heterocycles. The number of hydrogen-bond donors (Lipinski definition) is 3. The molecule has 0 spiro atoms. The number of carboxylic acid groups (broad SMARTS) is 1. The molecule has 1 aromatic carbocycles. The van der Waals surface area contributed by atoms with Gasteiger partial charge in [-0.1, -0.05) is 12.1 Å². The Hall–Kier alpha value is -2.08. The number of nitrogens with one attached hydrogen (secondary N) is 2. The summed E-state index contributed by atoms with van der Waals surface area (Å²) in [4.78, 5) is 23.1. The van der Waals surface area contributed by atoms with E-state index in [9.17, 15) is 9.59 Å². The van der Waals surface area contributed by atoms with Gasteiger partial charge in [0.25, 0.3) is 0 Å². The van der Waals surface area contributed by atoms with Crippen molar-refractivity contribution in [3.8, 4) is 0 Å². The van der Waals surface area contributed by atoms with Gasteiger partial charge in [-0.25, -0.2) is 9.59 Å². The Labute approximate surface area is 123 Å². The number of urea groups is 1. The van der Waals surface area contributed by atoms with Crippen molar-refractivity contribution in [3.63, 3.8) is 0 Å².